The highest BCUT2D eigenvalue weighted by atomic mass is 35.5. The monoisotopic (exact) mass is 266 g/mol. The minimum absolute atomic E-state index is 0.631. The van der Waals surface area contributed by atoms with Crippen molar-refractivity contribution in [1.82, 2.24) is 4.98 Å². The summed E-state index contributed by atoms with van der Waals surface area (Å²) in [6.07, 6.45) is 2.39. The van der Waals surface area contributed by atoms with Gasteiger partial charge in [0.25, 0.3) is 0 Å². The van der Waals surface area contributed by atoms with E-state index in [-0.39, 0.29) is 0 Å². The fourth-order valence-corrected chi connectivity index (χ4v) is 2.34. The summed E-state index contributed by atoms with van der Waals surface area (Å²) in [5.74, 6) is 0. The smallest absolute Gasteiger partial charge is 0.185 e. The molecule has 0 fully saturated rings. The van der Waals surface area contributed by atoms with Crippen LogP contribution < -0.4 is 4.90 Å². The third-order valence-electron chi connectivity index (χ3n) is 2.32. The number of aldehydes is 1. The van der Waals surface area contributed by atoms with Gasteiger partial charge >= 0.3 is 0 Å². The lowest BCUT2D eigenvalue weighted by Crippen LogP contribution is -2.16. The predicted octanol–water partition coefficient (Wildman–Crippen LogP) is 3.25. The molecular weight excluding hydrogens is 256 g/mol. The Balaban J connectivity index is 2.14. The summed E-state index contributed by atoms with van der Waals surface area (Å²) in [6, 6.07) is 7.70. The van der Waals surface area contributed by atoms with E-state index in [2.05, 4.69) is 4.98 Å². The maximum absolute atomic E-state index is 10.6. The van der Waals surface area contributed by atoms with Crippen LogP contribution >= 0.6 is 22.9 Å². The minimum Gasteiger partial charge on any atom is -0.347 e. The van der Waals surface area contributed by atoms with Gasteiger partial charge in [-0.05, 0) is 11.6 Å². The van der Waals surface area contributed by atoms with Crippen molar-refractivity contribution in [2.24, 2.45) is 0 Å². The number of thiazole rings is 1. The van der Waals surface area contributed by atoms with Crippen LogP contribution in [0.5, 0.6) is 0 Å². The third kappa shape index (κ3) is 2.84. The molecule has 0 radical (unpaired) electrons. The van der Waals surface area contributed by atoms with E-state index in [0.717, 1.165) is 22.0 Å². The second kappa shape index (κ2) is 5.29. The number of aromatic nitrogens is 1. The first kappa shape index (κ1) is 12.1. The summed E-state index contributed by atoms with van der Waals surface area (Å²) in [5, 5.41) is 1.55. The highest BCUT2D eigenvalue weighted by Crippen LogP contribution is 2.23. The summed E-state index contributed by atoms with van der Waals surface area (Å²) < 4.78 is 0. The summed E-state index contributed by atoms with van der Waals surface area (Å²) in [7, 11) is 1.93. The standard InChI is InChI=1S/C12H11ClN2OS/c1-15(12-14-6-10(8-16)17-12)7-9-4-2-3-5-11(9)13/h2-6,8H,7H2,1H3. The lowest BCUT2D eigenvalue weighted by molar-refractivity contribution is 0.112. The zero-order valence-electron chi connectivity index (χ0n) is 9.26. The van der Waals surface area contributed by atoms with Crippen LogP contribution in [0.25, 0.3) is 0 Å². The zero-order valence-corrected chi connectivity index (χ0v) is 10.8. The molecule has 0 bridgehead atoms. The Kier molecular flexibility index (Phi) is 3.76. The van der Waals surface area contributed by atoms with Gasteiger partial charge in [-0.3, -0.25) is 4.79 Å². The number of benzene rings is 1. The lowest BCUT2D eigenvalue weighted by atomic mass is 10.2. The van der Waals surface area contributed by atoms with Crippen LogP contribution in [0.15, 0.2) is 30.5 Å². The van der Waals surface area contributed by atoms with Crippen molar-refractivity contribution < 1.29 is 4.79 Å². The van der Waals surface area contributed by atoms with Crippen LogP contribution in [0.4, 0.5) is 5.13 Å². The number of hydrogen-bond donors (Lipinski definition) is 0. The molecule has 17 heavy (non-hydrogen) atoms. The number of carbonyl (C=O) groups excluding carboxylic acids is 1. The first-order valence-electron chi connectivity index (χ1n) is 5.06. The van der Waals surface area contributed by atoms with Gasteiger partial charge in [0.1, 0.15) is 0 Å². The summed E-state index contributed by atoms with van der Waals surface area (Å²) in [6.45, 7) is 0.672. The van der Waals surface area contributed by atoms with Crippen LogP contribution in [0.3, 0.4) is 0 Å². The molecule has 0 aliphatic carbocycles. The molecule has 2 aromatic rings. The van der Waals surface area contributed by atoms with Crippen LogP contribution in [0.1, 0.15) is 15.2 Å². The first-order chi connectivity index (χ1) is 8.20. The normalized spacial score (nSPS) is 10.2. The molecule has 5 heteroatoms. The molecule has 88 valence electrons. The van der Waals surface area contributed by atoms with Crippen molar-refractivity contribution in [2.45, 2.75) is 6.54 Å². The van der Waals surface area contributed by atoms with Gasteiger partial charge in [-0.2, -0.15) is 0 Å². The van der Waals surface area contributed by atoms with Gasteiger partial charge < -0.3 is 4.90 Å². The Morgan fingerprint density at radius 1 is 1.47 bits per heavy atom. The van der Waals surface area contributed by atoms with Gasteiger partial charge in [0, 0.05) is 18.6 Å². The van der Waals surface area contributed by atoms with Crippen molar-refractivity contribution in [3.8, 4) is 0 Å². The third-order valence-corrected chi connectivity index (χ3v) is 3.73. The molecule has 0 N–H and O–H groups in total. The molecule has 1 aromatic carbocycles. The molecule has 0 aliphatic rings. The SMILES string of the molecule is CN(Cc1ccccc1Cl)c1ncc(C=O)s1. The van der Waals surface area contributed by atoms with E-state index in [1.165, 1.54) is 11.3 Å². The molecule has 2 rings (SSSR count). The second-order valence-electron chi connectivity index (χ2n) is 3.61. The van der Waals surface area contributed by atoms with E-state index in [1.807, 2.05) is 36.2 Å². The van der Waals surface area contributed by atoms with E-state index < -0.39 is 0 Å². The van der Waals surface area contributed by atoms with Crippen molar-refractivity contribution in [3.05, 3.63) is 45.9 Å². The molecule has 0 aliphatic heterocycles. The fourth-order valence-electron chi connectivity index (χ4n) is 1.46. The van der Waals surface area contributed by atoms with Crippen molar-refractivity contribution >= 4 is 34.4 Å². The van der Waals surface area contributed by atoms with E-state index in [0.29, 0.717) is 11.4 Å². The predicted molar refractivity (Wildman–Crippen MR) is 71.1 cm³/mol. The van der Waals surface area contributed by atoms with E-state index in [4.69, 9.17) is 11.6 Å². The molecule has 0 atom stereocenters. The van der Waals surface area contributed by atoms with Crippen LogP contribution in [0, 0.1) is 0 Å². The van der Waals surface area contributed by atoms with E-state index >= 15 is 0 Å². The summed E-state index contributed by atoms with van der Waals surface area (Å²) in [5.41, 5.74) is 1.04. The van der Waals surface area contributed by atoms with Crippen molar-refractivity contribution in [2.75, 3.05) is 11.9 Å². The summed E-state index contributed by atoms with van der Waals surface area (Å²) >= 11 is 7.46. The second-order valence-corrected chi connectivity index (χ2v) is 5.06. The van der Waals surface area contributed by atoms with Gasteiger partial charge in [0.05, 0.1) is 11.1 Å². The van der Waals surface area contributed by atoms with Crippen molar-refractivity contribution in [3.63, 3.8) is 0 Å². The topological polar surface area (TPSA) is 33.2 Å². The Morgan fingerprint density at radius 3 is 2.88 bits per heavy atom. The van der Waals surface area contributed by atoms with Gasteiger partial charge in [-0.1, -0.05) is 41.1 Å². The molecule has 0 saturated carbocycles. The molecule has 0 unspecified atom stereocenters. The maximum atomic E-state index is 10.6. The lowest BCUT2D eigenvalue weighted by Gasteiger charge is -2.16. The fraction of sp³-hybridized carbons (Fsp3) is 0.167. The van der Waals surface area contributed by atoms with Crippen molar-refractivity contribution in [1.29, 1.82) is 0 Å². The number of halogens is 1. The highest BCUT2D eigenvalue weighted by molar-refractivity contribution is 7.17. The van der Waals surface area contributed by atoms with E-state index in [9.17, 15) is 4.79 Å². The largest absolute Gasteiger partial charge is 0.347 e. The number of carbonyl (C=O) groups is 1. The van der Waals surface area contributed by atoms with Crippen LogP contribution in [0.2, 0.25) is 5.02 Å². The number of rotatable bonds is 4. The van der Waals surface area contributed by atoms with Crippen LogP contribution in [-0.4, -0.2) is 18.3 Å². The zero-order chi connectivity index (χ0) is 12.3. The number of hydrogen-bond acceptors (Lipinski definition) is 4. The molecule has 1 heterocycles. The Hall–Kier alpha value is -1.39. The average Bonchev–Trinajstić information content (AvgIpc) is 2.81. The molecule has 0 spiro atoms. The number of anilines is 1. The first-order valence-corrected chi connectivity index (χ1v) is 6.25. The average molecular weight is 267 g/mol. The molecular formula is C12H11ClN2OS. The van der Waals surface area contributed by atoms with Crippen LogP contribution in [-0.2, 0) is 6.54 Å². The Bertz CT molecular complexity index is 527. The molecule has 3 nitrogen and oxygen atoms in total. The molecule has 0 saturated heterocycles. The quantitative estimate of drug-likeness (QED) is 0.797. The van der Waals surface area contributed by atoms with E-state index in [1.54, 1.807) is 6.20 Å². The Labute approximate surface area is 109 Å². The van der Waals surface area contributed by atoms with Gasteiger partial charge in [0.2, 0.25) is 0 Å². The van der Waals surface area contributed by atoms with Gasteiger partial charge in [-0.15, -0.1) is 0 Å². The molecule has 1 aromatic heterocycles. The summed E-state index contributed by atoms with van der Waals surface area (Å²) in [4.78, 5) is 17.4. The maximum Gasteiger partial charge on any atom is 0.185 e. The minimum atomic E-state index is 0.631. The van der Waals surface area contributed by atoms with Gasteiger partial charge in [-0.25, -0.2) is 4.98 Å². The highest BCUT2D eigenvalue weighted by Gasteiger charge is 2.08. The van der Waals surface area contributed by atoms with Gasteiger partial charge in [0.15, 0.2) is 11.4 Å². The molecule has 0 amide bonds. The number of nitrogens with zero attached hydrogens (tertiary/aromatic N) is 2. The Morgan fingerprint density at radius 2 is 2.24 bits per heavy atom.